The van der Waals surface area contributed by atoms with Gasteiger partial charge in [-0.15, -0.1) is 0 Å². The van der Waals surface area contributed by atoms with E-state index < -0.39 is 0 Å². The molecule has 1 aromatic heterocycles. The highest BCUT2D eigenvalue weighted by molar-refractivity contribution is 5.89. The molecule has 0 spiro atoms. The fraction of sp³-hybridized carbons (Fsp3) is 0.450. The fourth-order valence-corrected chi connectivity index (χ4v) is 3.68. The van der Waals surface area contributed by atoms with Gasteiger partial charge in [-0.2, -0.15) is 0 Å². The van der Waals surface area contributed by atoms with Crippen molar-refractivity contribution in [1.29, 1.82) is 0 Å². The maximum atomic E-state index is 12.1. The second-order valence-electron chi connectivity index (χ2n) is 6.64. The Labute approximate surface area is 143 Å². The van der Waals surface area contributed by atoms with Gasteiger partial charge in [0.25, 0.3) is 0 Å². The Bertz CT molecular complexity index is 747. The van der Waals surface area contributed by atoms with Crippen LogP contribution < -0.4 is 0 Å². The summed E-state index contributed by atoms with van der Waals surface area (Å²) in [6.07, 6.45) is 6.13. The molecule has 4 nitrogen and oxygen atoms in total. The van der Waals surface area contributed by atoms with Crippen molar-refractivity contribution < 1.29 is 9.53 Å². The number of benzene rings is 1. The molecular formula is C20H26N2O2. The fourth-order valence-electron chi connectivity index (χ4n) is 3.68. The highest BCUT2D eigenvalue weighted by Crippen LogP contribution is 2.30. The first-order valence-electron chi connectivity index (χ1n) is 8.73. The average molecular weight is 326 g/mol. The van der Waals surface area contributed by atoms with Gasteiger partial charge in [0.15, 0.2) is 0 Å². The first kappa shape index (κ1) is 16.6. The van der Waals surface area contributed by atoms with Gasteiger partial charge in [-0.25, -0.2) is 4.79 Å². The van der Waals surface area contributed by atoms with Gasteiger partial charge < -0.3 is 14.6 Å². The van der Waals surface area contributed by atoms with Gasteiger partial charge in [0.2, 0.25) is 0 Å². The number of ether oxygens (including phenoxy) is 1. The Hall–Kier alpha value is -2.23. The van der Waals surface area contributed by atoms with Crippen molar-refractivity contribution in [3.63, 3.8) is 0 Å². The predicted octanol–water partition coefficient (Wildman–Crippen LogP) is 3.75. The first-order valence-corrected chi connectivity index (χ1v) is 8.73. The SMILES string of the molecule is CC[C@@H]1CN(CCc2c[nH]c3ccccc23)C=C(C(=O)OC)[C@H]1C. The van der Waals surface area contributed by atoms with Crippen molar-refractivity contribution in [1.82, 2.24) is 9.88 Å². The van der Waals surface area contributed by atoms with Crippen LogP contribution in [0, 0.1) is 11.8 Å². The number of carbonyl (C=O) groups is 1. The van der Waals surface area contributed by atoms with Crippen LogP contribution in [0.1, 0.15) is 25.8 Å². The Morgan fingerprint density at radius 2 is 2.17 bits per heavy atom. The molecule has 0 fully saturated rings. The van der Waals surface area contributed by atoms with E-state index in [0.29, 0.717) is 5.92 Å². The number of H-pyrrole nitrogens is 1. The molecule has 4 heteroatoms. The molecule has 2 heterocycles. The molecule has 3 rings (SSSR count). The Balaban J connectivity index is 1.76. The smallest absolute Gasteiger partial charge is 0.335 e. The van der Waals surface area contributed by atoms with E-state index in [0.717, 1.165) is 31.5 Å². The van der Waals surface area contributed by atoms with Crippen LogP contribution in [0.15, 0.2) is 42.2 Å². The first-order chi connectivity index (χ1) is 11.6. The maximum Gasteiger partial charge on any atom is 0.335 e. The van der Waals surface area contributed by atoms with Crippen molar-refractivity contribution in [2.45, 2.75) is 26.7 Å². The Morgan fingerprint density at radius 3 is 2.92 bits per heavy atom. The topological polar surface area (TPSA) is 45.3 Å². The minimum Gasteiger partial charge on any atom is -0.466 e. The number of aromatic amines is 1. The predicted molar refractivity (Wildman–Crippen MR) is 96.6 cm³/mol. The van der Waals surface area contributed by atoms with E-state index in [9.17, 15) is 4.79 Å². The molecule has 1 aliphatic heterocycles. The summed E-state index contributed by atoms with van der Waals surface area (Å²) in [6, 6.07) is 8.38. The number of methoxy groups -OCH3 is 1. The van der Waals surface area contributed by atoms with E-state index in [1.54, 1.807) is 0 Å². The molecule has 2 atom stereocenters. The zero-order valence-electron chi connectivity index (χ0n) is 14.7. The van der Waals surface area contributed by atoms with E-state index in [2.05, 4.69) is 48.1 Å². The van der Waals surface area contributed by atoms with Gasteiger partial charge in [0.1, 0.15) is 0 Å². The van der Waals surface area contributed by atoms with Crippen molar-refractivity contribution in [2.24, 2.45) is 11.8 Å². The molecular weight excluding hydrogens is 300 g/mol. The van der Waals surface area contributed by atoms with Crippen molar-refractivity contribution in [2.75, 3.05) is 20.2 Å². The minimum atomic E-state index is -0.197. The van der Waals surface area contributed by atoms with Gasteiger partial charge in [-0.05, 0) is 29.9 Å². The third kappa shape index (κ3) is 3.18. The third-order valence-corrected chi connectivity index (χ3v) is 5.28. The summed E-state index contributed by atoms with van der Waals surface area (Å²) in [5.41, 5.74) is 3.30. The number of esters is 1. The molecule has 0 saturated carbocycles. The number of para-hydroxylation sites is 1. The lowest BCUT2D eigenvalue weighted by Gasteiger charge is -2.36. The lowest BCUT2D eigenvalue weighted by Crippen LogP contribution is -2.37. The highest BCUT2D eigenvalue weighted by atomic mass is 16.5. The van der Waals surface area contributed by atoms with E-state index in [1.807, 2.05) is 12.3 Å². The standard InChI is InChI=1S/C20H26N2O2/c1-4-15-12-22(13-18(14(15)2)20(23)24-3)10-9-16-11-21-19-8-6-5-7-17(16)19/h5-8,11,13-15,21H,4,9-10,12H2,1-3H3/t14-,15+/m0/s1. The van der Waals surface area contributed by atoms with Crippen LogP contribution in [0.3, 0.4) is 0 Å². The molecule has 0 unspecified atom stereocenters. The third-order valence-electron chi connectivity index (χ3n) is 5.28. The molecule has 24 heavy (non-hydrogen) atoms. The highest BCUT2D eigenvalue weighted by Gasteiger charge is 2.30. The number of rotatable bonds is 5. The quantitative estimate of drug-likeness (QED) is 0.851. The largest absolute Gasteiger partial charge is 0.466 e. The number of hydrogen-bond donors (Lipinski definition) is 1. The van der Waals surface area contributed by atoms with Crippen LogP contribution >= 0.6 is 0 Å². The van der Waals surface area contributed by atoms with Crippen LogP contribution in [0.25, 0.3) is 10.9 Å². The number of aromatic nitrogens is 1. The molecule has 2 aromatic rings. The second-order valence-corrected chi connectivity index (χ2v) is 6.64. The Kier molecular flexibility index (Phi) is 4.93. The van der Waals surface area contributed by atoms with Gasteiger partial charge >= 0.3 is 5.97 Å². The van der Waals surface area contributed by atoms with Gasteiger partial charge in [0.05, 0.1) is 12.7 Å². The molecule has 0 saturated heterocycles. The monoisotopic (exact) mass is 326 g/mol. The van der Waals surface area contributed by atoms with Crippen LogP contribution in [-0.4, -0.2) is 36.1 Å². The van der Waals surface area contributed by atoms with Gasteiger partial charge in [0, 0.05) is 36.4 Å². The summed E-state index contributed by atoms with van der Waals surface area (Å²) in [4.78, 5) is 17.7. The van der Waals surface area contributed by atoms with E-state index >= 15 is 0 Å². The van der Waals surface area contributed by atoms with Gasteiger partial charge in [-0.3, -0.25) is 0 Å². The number of nitrogens with one attached hydrogen (secondary N) is 1. The number of fused-ring (bicyclic) bond motifs is 1. The lowest BCUT2D eigenvalue weighted by atomic mass is 9.83. The van der Waals surface area contributed by atoms with Crippen LogP contribution in [0.4, 0.5) is 0 Å². The van der Waals surface area contributed by atoms with Gasteiger partial charge in [-0.1, -0.05) is 38.5 Å². The molecule has 1 N–H and O–H groups in total. The maximum absolute atomic E-state index is 12.1. The Morgan fingerprint density at radius 1 is 1.38 bits per heavy atom. The van der Waals surface area contributed by atoms with Crippen molar-refractivity contribution >= 4 is 16.9 Å². The van der Waals surface area contributed by atoms with Crippen LogP contribution in [0.5, 0.6) is 0 Å². The zero-order valence-corrected chi connectivity index (χ0v) is 14.7. The minimum absolute atomic E-state index is 0.197. The van der Waals surface area contributed by atoms with E-state index in [1.165, 1.54) is 23.6 Å². The summed E-state index contributed by atoms with van der Waals surface area (Å²) < 4.78 is 4.97. The summed E-state index contributed by atoms with van der Waals surface area (Å²) >= 11 is 0. The van der Waals surface area contributed by atoms with E-state index in [-0.39, 0.29) is 11.9 Å². The molecule has 1 aromatic carbocycles. The van der Waals surface area contributed by atoms with Crippen LogP contribution in [0.2, 0.25) is 0 Å². The lowest BCUT2D eigenvalue weighted by molar-refractivity contribution is -0.137. The molecule has 0 bridgehead atoms. The average Bonchev–Trinajstić information content (AvgIpc) is 3.03. The summed E-state index contributed by atoms with van der Waals surface area (Å²) in [5.74, 6) is 0.552. The van der Waals surface area contributed by atoms with E-state index in [4.69, 9.17) is 4.74 Å². The normalized spacial score (nSPS) is 21.0. The van der Waals surface area contributed by atoms with Crippen LogP contribution in [-0.2, 0) is 16.0 Å². The summed E-state index contributed by atoms with van der Waals surface area (Å²) in [7, 11) is 1.46. The molecule has 1 aliphatic rings. The number of nitrogens with zero attached hydrogens (tertiary/aromatic N) is 1. The number of hydrogen-bond acceptors (Lipinski definition) is 3. The molecule has 0 aliphatic carbocycles. The second kappa shape index (κ2) is 7.12. The van der Waals surface area contributed by atoms with Crippen molar-refractivity contribution in [3.8, 4) is 0 Å². The zero-order chi connectivity index (χ0) is 17.1. The summed E-state index contributed by atoms with van der Waals surface area (Å²) in [5, 5.41) is 1.28. The molecule has 0 radical (unpaired) electrons. The summed E-state index contributed by atoms with van der Waals surface area (Å²) in [6.45, 7) is 6.24. The molecule has 0 amide bonds. The van der Waals surface area contributed by atoms with Crippen molar-refractivity contribution in [3.05, 3.63) is 47.8 Å². The molecule has 128 valence electrons. The number of carbonyl (C=O) groups excluding carboxylic acids is 1.